The predicted molar refractivity (Wildman–Crippen MR) is 92.1 cm³/mol. The van der Waals surface area contributed by atoms with E-state index in [-0.39, 0.29) is 5.91 Å². The van der Waals surface area contributed by atoms with Crippen LogP contribution in [0.4, 0.5) is 0 Å². The Labute approximate surface area is 133 Å². The van der Waals surface area contributed by atoms with Crippen LogP contribution in [0.2, 0.25) is 0 Å². The smallest absolute Gasteiger partial charge is 0.250 e. The van der Waals surface area contributed by atoms with Gasteiger partial charge in [-0.3, -0.25) is 4.79 Å². The summed E-state index contributed by atoms with van der Waals surface area (Å²) >= 11 is 3.21. The lowest BCUT2D eigenvalue weighted by atomic mass is 10.1. The third-order valence-electron chi connectivity index (χ3n) is 3.02. The largest absolute Gasteiger partial charge is 0.272 e. The SMILES string of the molecule is Cc1ccccc1CSCC(=O)N/N=C\c1sccc1C. The van der Waals surface area contributed by atoms with Gasteiger partial charge in [0, 0.05) is 10.6 Å². The Morgan fingerprint density at radius 1 is 1.29 bits per heavy atom. The molecule has 0 spiro atoms. The molecule has 2 rings (SSSR count). The van der Waals surface area contributed by atoms with Gasteiger partial charge in [0.15, 0.2) is 0 Å². The average molecular weight is 318 g/mol. The molecular formula is C16H18N2OS2. The zero-order valence-electron chi connectivity index (χ0n) is 12.1. The molecule has 0 saturated heterocycles. The van der Waals surface area contributed by atoms with Crippen molar-refractivity contribution in [2.45, 2.75) is 19.6 Å². The first-order valence-electron chi connectivity index (χ1n) is 6.65. The second-order valence-electron chi connectivity index (χ2n) is 4.68. The molecule has 1 N–H and O–H groups in total. The molecule has 0 aliphatic rings. The lowest BCUT2D eigenvalue weighted by Gasteiger charge is -2.04. The fourth-order valence-electron chi connectivity index (χ4n) is 1.74. The van der Waals surface area contributed by atoms with Crippen LogP contribution >= 0.6 is 23.1 Å². The van der Waals surface area contributed by atoms with Crippen LogP contribution in [0.5, 0.6) is 0 Å². The van der Waals surface area contributed by atoms with Crippen LogP contribution in [0.3, 0.4) is 0 Å². The molecule has 3 nitrogen and oxygen atoms in total. The topological polar surface area (TPSA) is 41.5 Å². The Kier molecular flexibility index (Phi) is 6.02. The third kappa shape index (κ3) is 5.02. The number of nitrogens with one attached hydrogen (secondary N) is 1. The summed E-state index contributed by atoms with van der Waals surface area (Å²) < 4.78 is 0. The first-order valence-corrected chi connectivity index (χ1v) is 8.68. The maximum atomic E-state index is 11.7. The van der Waals surface area contributed by atoms with Crippen LogP contribution in [0.1, 0.15) is 21.6 Å². The molecule has 0 atom stereocenters. The van der Waals surface area contributed by atoms with Crippen LogP contribution in [-0.4, -0.2) is 17.9 Å². The number of rotatable bonds is 6. The standard InChI is InChI=1S/C16H18N2OS2/c1-12-5-3-4-6-14(12)10-20-11-16(19)18-17-9-15-13(2)7-8-21-15/h3-9H,10-11H2,1-2H3,(H,18,19)/b17-9-. The average Bonchev–Trinajstić information content (AvgIpc) is 2.87. The Bertz CT molecular complexity index is 635. The van der Waals surface area contributed by atoms with Gasteiger partial charge >= 0.3 is 0 Å². The fourth-order valence-corrected chi connectivity index (χ4v) is 3.42. The van der Waals surface area contributed by atoms with Gasteiger partial charge in [0.2, 0.25) is 5.91 Å². The summed E-state index contributed by atoms with van der Waals surface area (Å²) in [5.74, 6) is 1.18. The van der Waals surface area contributed by atoms with Gasteiger partial charge in [-0.2, -0.15) is 5.10 Å². The van der Waals surface area contributed by atoms with Crippen molar-refractivity contribution in [3.8, 4) is 0 Å². The van der Waals surface area contributed by atoms with E-state index in [0.29, 0.717) is 5.75 Å². The summed E-state index contributed by atoms with van der Waals surface area (Å²) in [4.78, 5) is 12.8. The molecule has 0 radical (unpaired) electrons. The molecule has 1 heterocycles. The van der Waals surface area contributed by atoms with E-state index in [4.69, 9.17) is 0 Å². The molecule has 5 heteroatoms. The van der Waals surface area contributed by atoms with Crippen molar-refractivity contribution in [3.63, 3.8) is 0 Å². The van der Waals surface area contributed by atoms with Gasteiger partial charge in [-0.25, -0.2) is 5.43 Å². The lowest BCUT2D eigenvalue weighted by molar-refractivity contribution is -0.118. The Hall–Kier alpha value is -1.59. The number of hydrogen-bond acceptors (Lipinski definition) is 4. The summed E-state index contributed by atoms with van der Waals surface area (Å²) in [7, 11) is 0. The van der Waals surface area contributed by atoms with E-state index in [2.05, 4.69) is 29.6 Å². The number of aryl methyl sites for hydroxylation is 2. The van der Waals surface area contributed by atoms with Gasteiger partial charge in [-0.05, 0) is 42.0 Å². The molecule has 0 unspecified atom stereocenters. The number of carbonyl (C=O) groups excluding carboxylic acids is 1. The van der Waals surface area contributed by atoms with Crippen molar-refractivity contribution in [1.29, 1.82) is 0 Å². The second kappa shape index (κ2) is 8.00. The summed E-state index contributed by atoms with van der Waals surface area (Å²) in [6.07, 6.45) is 1.70. The number of benzene rings is 1. The Morgan fingerprint density at radius 2 is 2.10 bits per heavy atom. The van der Waals surface area contributed by atoms with Crippen LogP contribution in [0.25, 0.3) is 0 Å². The van der Waals surface area contributed by atoms with E-state index in [1.807, 2.05) is 30.5 Å². The summed E-state index contributed by atoms with van der Waals surface area (Å²) in [5, 5.41) is 6.00. The van der Waals surface area contributed by atoms with Crippen LogP contribution < -0.4 is 5.43 Å². The molecule has 1 aromatic heterocycles. The number of hydrogen-bond donors (Lipinski definition) is 1. The van der Waals surface area contributed by atoms with E-state index in [9.17, 15) is 4.79 Å². The van der Waals surface area contributed by atoms with Crippen molar-refractivity contribution >= 4 is 35.2 Å². The highest BCUT2D eigenvalue weighted by Crippen LogP contribution is 2.15. The number of thioether (sulfide) groups is 1. The highest BCUT2D eigenvalue weighted by Gasteiger charge is 2.02. The van der Waals surface area contributed by atoms with Crippen molar-refractivity contribution in [3.05, 3.63) is 57.3 Å². The van der Waals surface area contributed by atoms with Crippen LogP contribution in [0, 0.1) is 13.8 Å². The van der Waals surface area contributed by atoms with Gasteiger partial charge in [0.1, 0.15) is 0 Å². The van der Waals surface area contributed by atoms with Crippen molar-refractivity contribution in [1.82, 2.24) is 5.43 Å². The maximum absolute atomic E-state index is 11.7. The molecule has 1 aromatic carbocycles. The molecule has 110 valence electrons. The molecule has 0 aliphatic heterocycles. The number of amides is 1. The number of thiophene rings is 1. The number of hydrazone groups is 1. The van der Waals surface area contributed by atoms with E-state index in [1.54, 1.807) is 29.3 Å². The number of carbonyl (C=O) groups is 1. The van der Waals surface area contributed by atoms with Gasteiger partial charge in [0.25, 0.3) is 0 Å². The highest BCUT2D eigenvalue weighted by molar-refractivity contribution is 7.99. The second-order valence-corrected chi connectivity index (χ2v) is 6.61. The van der Waals surface area contributed by atoms with Gasteiger partial charge in [-0.15, -0.1) is 23.1 Å². The fraction of sp³-hybridized carbons (Fsp3) is 0.250. The molecule has 0 aliphatic carbocycles. The highest BCUT2D eigenvalue weighted by atomic mass is 32.2. The summed E-state index contributed by atoms with van der Waals surface area (Å²) in [6.45, 7) is 4.11. The first kappa shape index (κ1) is 15.8. The molecule has 0 saturated carbocycles. The van der Waals surface area contributed by atoms with Gasteiger partial charge in [-0.1, -0.05) is 24.3 Å². The van der Waals surface area contributed by atoms with E-state index >= 15 is 0 Å². The molecule has 0 fully saturated rings. The lowest BCUT2D eigenvalue weighted by Crippen LogP contribution is -2.19. The molecular weight excluding hydrogens is 300 g/mol. The predicted octanol–water partition coefficient (Wildman–Crippen LogP) is 3.75. The third-order valence-corrected chi connectivity index (χ3v) is 4.96. The van der Waals surface area contributed by atoms with E-state index in [1.165, 1.54) is 16.7 Å². The van der Waals surface area contributed by atoms with Crippen LogP contribution in [0.15, 0.2) is 40.8 Å². The maximum Gasteiger partial charge on any atom is 0.250 e. The minimum absolute atomic E-state index is 0.0703. The molecule has 0 bridgehead atoms. The van der Waals surface area contributed by atoms with Gasteiger partial charge < -0.3 is 0 Å². The molecule has 2 aromatic rings. The van der Waals surface area contributed by atoms with Crippen molar-refractivity contribution in [2.24, 2.45) is 5.10 Å². The van der Waals surface area contributed by atoms with E-state index < -0.39 is 0 Å². The summed E-state index contributed by atoms with van der Waals surface area (Å²) in [6, 6.07) is 10.3. The zero-order chi connectivity index (χ0) is 15.1. The normalized spacial score (nSPS) is 11.0. The minimum Gasteiger partial charge on any atom is -0.272 e. The van der Waals surface area contributed by atoms with Crippen molar-refractivity contribution in [2.75, 3.05) is 5.75 Å². The number of nitrogens with zero attached hydrogens (tertiary/aromatic N) is 1. The Morgan fingerprint density at radius 3 is 2.81 bits per heavy atom. The Balaban J connectivity index is 1.72. The minimum atomic E-state index is -0.0703. The zero-order valence-corrected chi connectivity index (χ0v) is 13.8. The summed E-state index contributed by atoms with van der Waals surface area (Å²) in [5.41, 5.74) is 6.27. The van der Waals surface area contributed by atoms with E-state index in [0.717, 1.165) is 10.6 Å². The molecule has 21 heavy (non-hydrogen) atoms. The molecule has 1 amide bonds. The van der Waals surface area contributed by atoms with Gasteiger partial charge in [0.05, 0.1) is 12.0 Å². The van der Waals surface area contributed by atoms with Crippen LogP contribution in [-0.2, 0) is 10.5 Å². The quantitative estimate of drug-likeness (QED) is 0.651. The van der Waals surface area contributed by atoms with Crippen molar-refractivity contribution < 1.29 is 4.79 Å². The monoisotopic (exact) mass is 318 g/mol. The first-order chi connectivity index (χ1) is 10.2.